The predicted molar refractivity (Wildman–Crippen MR) is 141 cm³/mol. The molecular formula is C28H39ClO5S. The maximum Gasteiger partial charge on any atom is 0.305 e. The van der Waals surface area contributed by atoms with Crippen molar-refractivity contribution in [1.29, 1.82) is 0 Å². The number of ketones is 1. The highest BCUT2D eigenvalue weighted by Crippen LogP contribution is 2.49. The van der Waals surface area contributed by atoms with Crippen LogP contribution < -0.4 is 0 Å². The number of thiophene rings is 1. The molecule has 0 amide bonds. The molecule has 0 radical (unpaired) electrons. The Hall–Kier alpha value is -1.47. The van der Waals surface area contributed by atoms with E-state index in [0.717, 1.165) is 30.0 Å². The first-order valence-corrected chi connectivity index (χ1v) is 13.8. The van der Waals surface area contributed by atoms with E-state index in [4.69, 9.17) is 21.1 Å². The molecule has 1 aromatic rings. The van der Waals surface area contributed by atoms with Crippen LogP contribution in [-0.4, -0.2) is 45.3 Å². The second-order valence-corrected chi connectivity index (χ2v) is 11.6. The summed E-state index contributed by atoms with van der Waals surface area (Å²) in [6, 6.07) is 4.11. The zero-order valence-electron chi connectivity index (χ0n) is 21.2. The molecule has 0 saturated heterocycles. The molecule has 1 aromatic heterocycles. The van der Waals surface area contributed by atoms with Crippen molar-refractivity contribution in [3.05, 3.63) is 45.7 Å². The molecule has 2 saturated carbocycles. The normalized spacial score (nSPS) is 24.8. The number of Topliss-reactive ketones (excluding diaryl/α,β-unsaturated/α-hetero) is 1. The van der Waals surface area contributed by atoms with Gasteiger partial charge in [-0.25, -0.2) is 0 Å². The van der Waals surface area contributed by atoms with Crippen molar-refractivity contribution in [2.45, 2.75) is 76.4 Å². The molecule has 35 heavy (non-hydrogen) atoms. The van der Waals surface area contributed by atoms with E-state index in [1.807, 2.05) is 13.2 Å². The predicted octanol–water partition coefficient (Wildman–Crippen LogP) is 6.59. The fourth-order valence-electron chi connectivity index (χ4n) is 5.57. The molecule has 0 spiro atoms. The fourth-order valence-corrected chi connectivity index (χ4v) is 6.81. The Labute approximate surface area is 218 Å². The molecular weight excluding hydrogens is 484 g/mol. The summed E-state index contributed by atoms with van der Waals surface area (Å²) in [5.74, 6) is 0.0759. The van der Waals surface area contributed by atoms with Crippen molar-refractivity contribution in [2.75, 3.05) is 21.3 Å². The summed E-state index contributed by atoms with van der Waals surface area (Å²) in [4.78, 5) is 25.3. The Morgan fingerprint density at radius 3 is 2.63 bits per heavy atom. The van der Waals surface area contributed by atoms with Crippen molar-refractivity contribution < 1.29 is 23.8 Å². The van der Waals surface area contributed by atoms with Crippen molar-refractivity contribution >= 4 is 34.7 Å². The van der Waals surface area contributed by atoms with Gasteiger partial charge in [0.2, 0.25) is 0 Å². The number of carbonyl (C=O) groups is 2. The molecule has 0 bridgehead atoms. The summed E-state index contributed by atoms with van der Waals surface area (Å²) in [5.41, 5.74) is 0.158. The van der Waals surface area contributed by atoms with Crippen LogP contribution in [0.2, 0.25) is 4.34 Å². The molecule has 0 aromatic carbocycles. The zero-order chi connectivity index (χ0) is 25.3. The van der Waals surface area contributed by atoms with Crippen LogP contribution in [0.4, 0.5) is 0 Å². The Balaban J connectivity index is 1.58. The molecule has 2 fully saturated rings. The Kier molecular flexibility index (Phi) is 11.0. The Bertz CT molecular complexity index is 888. The van der Waals surface area contributed by atoms with Gasteiger partial charge in [-0.1, -0.05) is 42.3 Å². The summed E-state index contributed by atoms with van der Waals surface area (Å²) >= 11 is 7.83. The summed E-state index contributed by atoms with van der Waals surface area (Å²) in [6.45, 7) is 0. The van der Waals surface area contributed by atoms with Gasteiger partial charge in [-0.3, -0.25) is 9.59 Å². The van der Waals surface area contributed by atoms with Crippen molar-refractivity contribution in [3.63, 3.8) is 0 Å². The van der Waals surface area contributed by atoms with Crippen LogP contribution in [0.1, 0.15) is 62.7 Å². The minimum absolute atomic E-state index is 0.0677. The zero-order valence-corrected chi connectivity index (χ0v) is 22.7. The third kappa shape index (κ3) is 7.51. The van der Waals surface area contributed by atoms with Crippen molar-refractivity contribution in [2.24, 2.45) is 17.3 Å². The number of hydrogen-bond donors (Lipinski definition) is 0. The second kappa shape index (κ2) is 13.7. The van der Waals surface area contributed by atoms with Gasteiger partial charge >= 0.3 is 5.97 Å². The van der Waals surface area contributed by atoms with Gasteiger partial charge < -0.3 is 14.2 Å². The number of hydrogen-bond acceptors (Lipinski definition) is 6. The van der Waals surface area contributed by atoms with E-state index < -0.39 is 0 Å². The summed E-state index contributed by atoms with van der Waals surface area (Å²) < 4.78 is 17.2. The molecule has 1 heterocycles. The molecule has 194 valence electrons. The number of rotatable bonds is 14. The largest absolute Gasteiger partial charge is 0.469 e. The van der Waals surface area contributed by atoms with Crippen LogP contribution in [0, 0.1) is 17.3 Å². The minimum atomic E-state index is -0.185. The van der Waals surface area contributed by atoms with E-state index in [-0.39, 0.29) is 41.2 Å². The monoisotopic (exact) mass is 522 g/mol. The van der Waals surface area contributed by atoms with E-state index in [0.29, 0.717) is 19.3 Å². The summed E-state index contributed by atoms with van der Waals surface area (Å²) in [6.07, 6.45) is 17.1. The van der Waals surface area contributed by atoms with Crippen LogP contribution >= 0.6 is 22.9 Å². The van der Waals surface area contributed by atoms with Crippen molar-refractivity contribution in [3.8, 4) is 0 Å². The SMILES string of the molecule is COC(=O)CCC/C=C\C[C@H]1C(=O)C[C@@H](OC)[C@@H]1/C=C/CC(OC)C1(Cc2ccc(Cl)s2)CCC1. The maximum absolute atomic E-state index is 12.7. The van der Waals surface area contributed by atoms with Crippen LogP contribution in [0.3, 0.4) is 0 Å². The Morgan fingerprint density at radius 1 is 1.23 bits per heavy atom. The first-order valence-electron chi connectivity index (χ1n) is 12.6. The van der Waals surface area contributed by atoms with E-state index in [2.05, 4.69) is 35.1 Å². The number of unbranched alkanes of at least 4 members (excludes halogenated alkanes) is 1. The van der Waals surface area contributed by atoms with Gasteiger partial charge in [-0.2, -0.15) is 0 Å². The highest BCUT2D eigenvalue weighted by atomic mass is 35.5. The highest BCUT2D eigenvalue weighted by Gasteiger charge is 2.44. The number of halogens is 1. The van der Waals surface area contributed by atoms with Gasteiger partial charge in [0.1, 0.15) is 5.78 Å². The minimum Gasteiger partial charge on any atom is -0.469 e. The number of methoxy groups -OCH3 is 3. The standard InChI is InChI=1S/C28H39ClO5S/c1-32-24-18-23(30)21(10-6-4-5-7-13-27(31)34-3)22(24)11-8-12-25(33-2)28(16-9-17-28)19-20-14-15-26(29)35-20/h4,6,8,11,14-15,21-22,24-25H,5,7,9-10,12-13,16-19H2,1-3H3/b6-4-,11-8+/t21-,22-,24-,25?/m1/s1. The first kappa shape index (κ1) is 28.1. The number of ether oxygens (including phenoxy) is 3. The second-order valence-electron chi connectivity index (χ2n) is 9.79. The van der Waals surface area contributed by atoms with E-state index in [1.54, 1.807) is 18.4 Å². The lowest BCUT2D eigenvalue weighted by molar-refractivity contribution is -0.140. The van der Waals surface area contributed by atoms with Gasteiger partial charge in [0.15, 0.2) is 0 Å². The molecule has 2 aliphatic rings. The van der Waals surface area contributed by atoms with Gasteiger partial charge in [-0.15, -0.1) is 11.3 Å². The van der Waals surface area contributed by atoms with E-state index in [1.165, 1.54) is 31.2 Å². The molecule has 2 aliphatic carbocycles. The average molecular weight is 523 g/mol. The number of allylic oxidation sites excluding steroid dienone is 2. The first-order chi connectivity index (χ1) is 16.9. The smallest absolute Gasteiger partial charge is 0.305 e. The van der Waals surface area contributed by atoms with Gasteiger partial charge in [-0.05, 0) is 57.1 Å². The van der Waals surface area contributed by atoms with Gasteiger partial charge in [0.05, 0.1) is 23.7 Å². The molecule has 4 atom stereocenters. The maximum atomic E-state index is 12.7. The topological polar surface area (TPSA) is 61.8 Å². The van der Waals surface area contributed by atoms with Crippen LogP contribution in [0.15, 0.2) is 36.4 Å². The molecule has 0 aliphatic heterocycles. The summed E-state index contributed by atoms with van der Waals surface area (Å²) in [7, 11) is 4.91. The lowest BCUT2D eigenvalue weighted by Gasteiger charge is -2.47. The molecule has 7 heteroatoms. The van der Waals surface area contributed by atoms with Gasteiger partial charge in [0.25, 0.3) is 0 Å². The molecule has 5 nitrogen and oxygen atoms in total. The van der Waals surface area contributed by atoms with E-state index in [9.17, 15) is 9.59 Å². The molecule has 3 rings (SSSR count). The molecule has 0 N–H and O–H groups in total. The quantitative estimate of drug-likeness (QED) is 0.157. The lowest BCUT2D eigenvalue weighted by atomic mass is 9.62. The highest BCUT2D eigenvalue weighted by molar-refractivity contribution is 7.16. The fraction of sp³-hybridized carbons (Fsp3) is 0.643. The third-order valence-electron chi connectivity index (χ3n) is 7.73. The van der Waals surface area contributed by atoms with Gasteiger partial charge in [0, 0.05) is 49.2 Å². The number of esters is 1. The average Bonchev–Trinajstić information content (AvgIpc) is 3.38. The van der Waals surface area contributed by atoms with E-state index >= 15 is 0 Å². The Morgan fingerprint density at radius 2 is 2.03 bits per heavy atom. The summed E-state index contributed by atoms with van der Waals surface area (Å²) in [5, 5.41) is 0. The lowest BCUT2D eigenvalue weighted by Crippen LogP contribution is -2.44. The van der Waals surface area contributed by atoms with Crippen LogP contribution in [0.25, 0.3) is 0 Å². The van der Waals surface area contributed by atoms with Crippen molar-refractivity contribution in [1.82, 2.24) is 0 Å². The van der Waals surface area contributed by atoms with Crippen LogP contribution in [0.5, 0.6) is 0 Å². The number of carbonyl (C=O) groups excluding carboxylic acids is 2. The molecule has 1 unspecified atom stereocenters. The van der Waals surface area contributed by atoms with Crippen LogP contribution in [-0.2, 0) is 30.2 Å². The third-order valence-corrected chi connectivity index (χ3v) is 8.96.